The topological polar surface area (TPSA) is 3.24 Å². The quantitative estimate of drug-likeness (QED) is 0.171. The maximum Gasteiger partial charge on any atom is 0.0719 e. The Kier molecular flexibility index (Phi) is 7.40. The molecule has 2 spiro atoms. The van der Waals surface area contributed by atoms with E-state index in [4.69, 9.17) is 0 Å². The van der Waals surface area contributed by atoms with Gasteiger partial charge in [-0.15, -0.1) is 0 Å². The largest absolute Gasteiger partial charge is 0.310 e. The van der Waals surface area contributed by atoms with Gasteiger partial charge in [0.15, 0.2) is 0 Å². The molecule has 1 nitrogen and oxygen atoms in total. The molecule has 0 aromatic heterocycles. The highest BCUT2D eigenvalue weighted by atomic mass is 15.1. The Morgan fingerprint density at radius 1 is 0.355 bits per heavy atom. The van der Waals surface area contributed by atoms with Crippen molar-refractivity contribution in [3.05, 3.63) is 233 Å². The summed E-state index contributed by atoms with van der Waals surface area (Å²) < 4.78 is 0. The van der Waals surface area contributed by atoms with Gasteiger partial charge in [0.1, 0.15) is 0 Å². The number of nitrogens with zero attached hydrogens (tertiary/aromatic N) is 1. The minimum atomic E-state index is -0.444. The highest BCUT2D eigenvalue weighted by Gasteiger charge is 2.61. The summed E-state index contributed by atoms with van der Waals surface area (Å²) in [6.07, 6.45) is 9.03. The van der Waals surface area contributed by atoms with Crippen molar-refractivity contribution in [2.24, 2.45) is 23.7 Å². The van der Waals surface area contributed by atoms with E-state index in [9.17, 15) is 0 Å². The number of fused-ring (bicyclic) bond motifs is 12. The maximum absolute atomic E-state index is 2.67. The van der Waals surface area contributed by atoms with Crippen molar-refractivity contribution < 1.29 is 0 Å². The van der Waals surface area contributed by atoms with Crippen molar-refractivity contribution in [3.8, 4) is 33.4 Å². The molecule has 0 saturated heterocycles. The standard InChI is InChI=1S/C61H49N/c1-2-14-41(15-3-1)48-18-8-13-25-59(48)62(46-28-30-51-49-19-6-11-23-55(49)60(57(51)37-46)44-33-39-32-40(35-44)36-45(60)34-39)47-29-31-52-50-20-7-12-24-56(50)61(58(52)38-47)53-21-9-4-16-42(53)26-27-43-17-5-10-22-54(43)61/h1-25,28-31,37-40,44-45H,26-27,32-36H2. The van der Waals surface area contributed by atoms with Gasteiger partial charge in [-0.1, -0.05) is 158 Å². The third-order valence-electron chi connectivity index (χ3n) is 16.8. The molecule has 0 radical (unpaired) electrons. The van der Waals surface area contributed by atoms with Gasteiger partial charge in [-0.2, -0.15) is 0 Å². The first-order valence-corrected chi connectivity index (χ1v) is 23.3. The van der Waals surface area contributed by atoms with Crippen LogP contribution >= 0.6 is 0 Å². The van der Waals surface area contributed by atoms with Crippen molar-refractivity contribution in [1.29, 1.82) is 0 Å². The molecular weight excluding hydrogens is 747 g/mol. The molecule has 298 valence electrons. The summed E-state index contributed by atoms with van der Waals surface area (Å²) in [7, 11) is 0. The van der Waals surface area contributed by atoms with Crippen molar-refractivity contribution in [2.45, 2.75) is 55.8 Å². The van der Waals surface area contributed by atoms with Gasteiger partial charge in [-0.3, -0.25) is 0 Å². The molecule has 7 aliphatic rings. The zero-order valence-electron chi connectivity index (χ0n) is 35.1. The summed E-state index contributed by atoms with van der Waals surface area (Å²) in [6, 6.07) is 72.7. The number of anilines is 3. The summed E-state index contributed by atoms with van der Waals surface area (Å²) in [6.45, 7) is 0. The average molecular weight is 796 g/mol. The van der Waals surface area contributed by atoms with Gasteiger partial charge in [0.2, 0.25) is 0 Å². The van der Waals surface area contributed by atoms with E-state index in [0.29, 0.717) is 11.8 Å². The van der Waals surface area contributed by atoms with Crippen LogP contribution in [0.3, 0.4) is 0 Å². The van der Waals surface area contributed by atoms with Gasteiger partial charge < -0.3 is 4.90 Å². The number of rotatable bonds is 4. The van der Waals surface area contributed by atoms with Gasteiger partial charge in [0.05, 0.1) is 11.1 Å². The fourth-order valence-corrected chi connectivity index (χ4v) is 14.8. The van der Waals surface area contributed by atoms with E-state index in [2.05, 4.69) is 193 Å². The first-order valence-electron chi connectivity index (χ1n) is 23.3. The number of aryl methyl sites for hydroxylation is 2. The molecule has 62 heavy (non-hydrogen) atoms. The maximum atomic E-state index is 2.67. The van der Waals surface area contributed by atoms with E-state index in [1.807, 2.05) is 0 Å². The fraction of sp³-hybridized carbons (Fsp3) is 0.213. The molecule has 1 heteroatoms. The summed E-state index contributed by atoms with van der Waals surface area (Å²) in [5.74, 6) is 3.21. The van der Waals surface area contributed by atoms with Crippen LogP contribution in [0, 0.1) is 23.7 Å². The lowest BCUT2D eigenvalue weighted by atomic mass is 9.43. The van der Waals surface area contributed by atoms with E-state index in [1.54, 1.807) is 11.1 Å². The van der Waals surface area contributed by atoms with E-state index >= 15 is 0 Å². The molecule has 0 unspecified atom stereocenters. The lowest BCUT2D eigenvalue weighted by Crippen LogP contribution is -2.55. The molecule has 0 aliphatic heterocycles. The first-order chi connectivity index (χ1) is 30.7. The molecule has 4 fully saturated rings. The van der Waals surface area contributed by atoms with Crippen LogP contribution < -0.4 is 4.90 Å². The molecule has 4 bridgehead atoms. The van der Waals surface area contributed by atoms with Gasteiger partial charge in [0.25, 0.3) is 0 Å². The lowest BCUT2D eigenvalue weighted by Gasteiger charge is -2.61. The predicted octanol–water partition coefficient (Wildman–Crippen LogP) is 15.0. The van der Waals surface area contributed by atoms with Crippen LogP contribution in [0.1, 0.15) is 76.6 Å². The molecule has 15 rings (SSSR count). The number of benzene rings is 8. The zero-order chi connectivity index (χ0) is 40.6. The summed E-state index contributed by atoms with van der Waals surface area (Å²) in [5, 5.41) is 0. The Morgan fingerprint density at radius 3 is 1.47 bits per heavy atom. The van der Waals surface area contributed by atoms with Gasteiger partial charge in [-0.05, 0) is 171 Å². The average Bonchev–Trinajstić information content (AvgIpc) is 3.72. The fourth-order valence-electron chi connectivity index (χ4n) is 14.8. The minimum Gasteiger partial charge on any atom is -0.310 e. The first kappa shape index (κ1) is 35.2. The molecule has 8 aromatic carbocycles. The van der Waals surface area contributed by atoms with Gasteiger partial charge in [-0.25, -0.2) is 0 Å². The van der Waals surface area contributed by atoms with Crippen LogP contribution in [-0.4, -0.2) is 0 Å². The Morgan fingerprint density at radius 2 is 0.823 bits per heavy atom. The molecule has 8 aromatic rings. The van der Waals surface area contributed by atoms with Crippen LogP contribution in [0.2, 0.25) is 0 Å². The van der Waals surface area contributed by atoms with Crippen LogP contribution in [0.15, 0.2) is 188 Å². The molecule has 7 aliphatic carbocycles. The van der Waals surface area contributed by atoms with Crippen molar-refractivity contribution >= 4 is 17.1 Å². The third-order valence-corrected chi connectivity index (χ3v) is 16.8. The normalized spacial score (nSPS) is 23.5. The van der Waals surface area contributed by atoms with Crippen LogP contribution in [0.25, 0.3) is 33.4 Å². The number of para-hydroxylation sites is 1. The molecule has 4 saturated carbocycles. The molecule has 0 N–H and O–H groups in total. The molecule has 0 atom stereocenters. The second-order valence-corrected chi connectivity index (χ2v) is 19.5. The predicted molar refractivity (Wildman–Crippen MR) is 255 cm³/mol. The molecular formula is C61H49N. The van der Waals surface area contributed by atoms with E-state index < -0.39 is 5.41 Å². The number of hydrogen-bond acceptors (Lipinski definition) is 1. The van der Waals surface area contributed by atoms with Crippen molar-refractivity contribution in [2.75, 3.05) is 4.90 Å². The number of hydrogen-bond donors (Lipinski definition) is 0. The second-order valence-electron chi connectivity index (χ2n) is 19.5. The Labute approximate surface area is 365 Å². The van der Waals surface area contributed by atoms with Crippen molar-refractivity contribution in [1.82, 2.24) is 0 Å². The highest BCUT2D eigenvalue weighted by Crippen LogP contribution is 2.70. The zero-order valence-corrected chi connectivity index (χ0v) is 35.1. The highest BCUT2D eigenvalue weighted by molar-refractivity contribution is 5.94. The molecule has 0 amide bonds. The minimum absolute atomic E-state index is 0.0807. The Balaban J connectivity index is 1.05. The Bertz CT molecular complexity index is 3040. The van der Waals surface area contributed by atoms with E-state index in [-0.39, 0.29) is 5.41 Å². The van der Waals surface area contributed by atoms with Gasteiger partial charge >= 0.3 is 0 Å². The lowest BCUT2D eigenvalue weighted by molar-refractivity contribution is -0.0399. The SMILES string of the molecule is c1ccc(-c2ccccc2N(c2ccc3c(c2)C2(c4ccccc4CCc4ccccc42)c2ccccc2-3)c2ccc3c(c2)C2(c4ccccc4-3)C3CC4CC(C3)CC2C4)cc1. The monoisotopic (exact) mass is 795 g/mol. The third kappa shape index (κ3) is 4.59. The Hall–Kier alpha value is -6.44. The molecule has 0 heterocycles. The van der Waals surface area contributed by atoms with Gasteiger partial charge in [0, 0.05) is 22.4 Å². The smallest absolute Gasteiger partial charge is 0.0719 e. The summed E-state index contributed by atoms with van der Waals surface area (Å²) >= 11 is 0. The van der Waals surface area contributed by atoms with Crippen LogP contribution in [-0.2, 0) is 23.7 Å². The summed E-state index contributed by atoms with van der Waals surface area (Å²) in [4.78, 5) is 2.63. The summed E-state index contributed by atoms with van der Waals surface area (Å²) in [5.41, 5.74) is 23.1. The van der Waals surface area contributed by atoms with E-state index in [1.165, 1.54) is 116 Å². The van der Waals surface area contributed by atoms with Crippen LogP contribution in [0.5, 0.6) is 0 Å². The van der Waals surface area contributed by atoms with Crippen molar-refractivity contribution in [3.63, 3.8) is 0 Å². The van der Waals surface area contributed by atoms with E-state index in [0.717, 1.165) is 24.7 Å². The second kappa shape index (κ2) is 13.0. The van der Waals surface area contributed by atoms with Crippen LogP contribution in [0.4, 0.5) is 17.1 Å².